The molecule has 0 aliphatic heterocycles. The molecule has 1 aliphatic carbocycles. The maximum absolute atomic E-state index is 2.34. The van der Waals surface area contributed by atoms with Gasteiger partial charge in [-0.1, -0.05) is 105 Å². The molecule has 0 radical (unpaired) electrons. The number of benzene rings is 5. The SMILES string of the molecule is CC1(C)c2ccccc2-c2c(-c3ccc(N(c4ccccc4)c4ccccc4)cc3)cccc21. The van der Waals surface area contributed by atoms with E-state index in [0.717, 1.165) is 17.1 Å². The van der Waals surface area contributed by atoms with Crippen molar-refractivity contribution in [3.63, 3.8) is 0 Å². The Kier molecular flexibility index (Phi) is 4.85. The first kappa shape index (κ1) is 20.5. The number of rotatable bonds is 4. The standard InChI is InChI=1S/C33H27N/c1-33(2)30-18-10-9-16-29(30)32-28(17-11-19-31(32)33)24-20-22-27(23-21-24)34(25-12-5-3-6-13-25)26-14-7-4-8-15-26/h3-23H,1-2H3. The van der Waals surface area contributed by atoms with Gasteiger partial charge in [-0.25, -0.2) is 0 Å². The molecule has 1 aliphatic rings. The smallest absolute Gasteiger partial charge is 0.0462 e. The monoisotopic (exact) mass is 437 g/mol. The first-order valence-electron chi connectivity index (χ1n) is 11.9. The third kappa shape index (κ3) is 3.24. The van der Waals surface area contributed by atoms with Gasteiger partial charge in [-0.05, 0) is 69.8 Å². The zero-order chi connectivity index (χ0) is 23.1. The highest BCUT2D eigenvalue weighted by molar-refractivity contribution is 5.93. The molecular weight excluding hydrogens is 410 g/mol. The molecule has 0 saturated carbocycles. The molecule has 0 aromatic heterocycles. The summed E-state index contributed by atoms with van der Waals surface area (Å²) in [6, 6.07) is 45.7. The van der Waals surface area contributed by atoms with E-state index in [1.807, 2.05) is 0 Å². The van der Waals surface area contributed by atoms with Crippen molar-refractivity contribution in [1.82, 2.24) is 0 Å². The van der Waals surface area contributed by atoms with Gasteiger partial charge in [-0.3, -0.25) is 0 Å². The molecule has 164 valence electrons. The second-order valence-electron chi connectivity index (χ2n) is 9.45. The Bertz CT molecular complexity index is 1410. The normalized spacial score (nSPS) is 13.2. The zero-order valence-electron chi connectivity index (χ0n) is 19.6. The molecule has 34 heavy (non-hydrogen) atoms. The molecule has 5 aromatic carbocycles. The molecule has 0 N–H and O–H groups in total. The number of hydrogen-bond acceptors (Lipinski definition) is 1. The van der Waals surface area contributed by atoms with E-state index in [9.17, 15) is 0 Å². The summed E-state index contributed by atoms with van der Waals surface area (Å²) in [5.41, 5.74) is 11.6. The molecule has 6 rings (SSSR count). The van der Waals surface area contributed by atoms with Crippen LogP contribution in [0, 0.1) is 0 Å². The molecule has 0 spiro atoms. The van der Waals surface area contributed by atoms with Gasteiger partial charge in [0.15, 0.2) is 0 Å². The second kappa shape index (κ2) is 8.04. The van der Waals surface area contributed by atoms with Gasteiger partial charge in [0.05, 0.1) is 0 Å². The lowest BCUT2D eigenvalue weighted by Crippen LogP contribution is -2.14. The number of fused-ring (bicyclic) bond motifs is 3. The van der Waals surface area contributed by atoms with Crippen LogP contribution in [0.3, 0.4) is 0 Å². The fourth-order valence-electron chi connectivity index (χ4n) is 5.39. The van der Waals surface area contributed by atoms with E-state index in [4.69, 9.17) is 0 Å². The van der Waals surface area contributed by atoms with Crippen molar-refractivity contribution in [3.05, 3.63) is 139 Å². The van der Waals surface area contributed by atoms with Gasteiger partial charge in [0.25, 0.3) is 0 Å². The van der Waals surface area contributed by atoms with Crippen LogP contribution in [0.4, 0.5) is 17.1 Å². The van der Waals surface area contributed by atoms with Crippen LogP contribution in [0.15, 0.2) is 127 Å². The maximum atomic E-state index is 2.34. The molecule has 0 unspecified atom stereocenters. The van der Waals surface area contributed by atoms with Gasteiger partial charge >= 0.3 is 0 Å². The molecule has 0 bridgehead atoms. The Labute approximate surface area is 202 Å². The van der Waals surface area contributed by atoms with E-state index in [0.29, 0.717) is 0 Å². The highest BCUT2D eigenvalue weighted by Crippen LogP contribution is 2.52. The van der Waals surface area contributed by atoms with Crippen molar-refractivity contribution >= 4 is 17.1 Å². The maximum Gasteiger partial charge on any atom is 0.0462 e. The van der Waals surface area contributed by atoms with E-state index in [-0.39, 0.29) is 5.41 Å². The number of para-hydroxylation sites is 2. The van der Waals surface area contributed by atoms with Crippen LogP contribution in [0.2, 0.25) is 0 Å². The van der Waals surface area contributed by atoms with Crippen LogP contribution in [-0.2, 0) is 5.41 Å². The summed E-state index contributed by atoms with van der Waals surface area (Å²) >= 11 is 0. The third-order valence-corrected chi connectivity index (χ3v) is 7.07. The molecule has 1 heteroatoms. The van der Waals surface area contributed by atoms with Crippen molar-refractivity contribution in [3.8, 4) is 22.3 Å². The average Bonchev–Trinajstić information content (AvgIpc) is 3.13. The van der Waals surface area contributed by atoms with E-state index in [1.165, 1.54) is 33.4 Å². The summed E-state index contributed by atoms with van der Waals surface area (Å²) < 4.78 is 0. The first-order chi connectivity index (χ1) is 16.6. The van der Waals surface area contributed by atoms with Crippen LogP contribution >= 0.6 is 0 Å². The van der Waals surface area contributed by atoms with Crippen LogP contribution in [0.1, 0.15) is 25.0 Å². The molecule has 1 nitrogen and oxygen atoms in total. The number of nitrogens with zero attached hydrogens (tertiary/aromatic N) is 1. The van der Waals surface area contributed by atoms with E-state index in [1.54, 1.807) is 0 Å². The average molecular weight is 438 g/mol. The topological polar surface area (TPSA) is 3.24 Å². The Morgan fingerprint density at radius 2 is 0.941 bits per heavy atom. The molecule has 5 aromatic rings. The van der Waals surface area contributed by atoms with Crippen molar-refractivity contribution in [1.29, 1.82) is 0 Å². The number of anilines is 3. The van der Waals surface area contributed by atoms with E-state index >= 15 is 0 Å². The predicted octanol–water partition coefficient (Wildman–Crippen LogP) is 9.13. The summed E-state index contributed by atoms with van der Waals surface area (Å²) in [4.78, 5) is 2.30. The summed E-state index contributed by atoms with van der Waals surface area (Å²) in [6.07, 6.45) is 0. The number of hydrogen-bond donors (Lipinski definition) is 0. The summed E-state index contributed by atoms with van der Waals surface area (Å²) in [5, 5.41) is 0. The molecule has 0 fully saturated rings. The van der Waals surface area contributed by atoms with Gasteiger partial charge < -0.3 is 4.90 Å². The predicted molar refractivity (Wildman–Crippen MR) is 144 cm³/mol. The quantitative estimate of drug-likeness (QED) is 0.271. The lowest BCUT2D eigenvalue weighted by atomic mass is 9.82. The van der Waals surface area contributed by atoms with Gasteiger partial charge in [0.1, 0.15) is 0 Å². The lowest BCUT2D eigenvalue weighted by Gasteiger charge is -2.25. The van der Waals surface area contributed by atoms with Crippen LogP contribution in [0.25, 0.3) is 22.3 Å². The Balaban J connectivity index is 1.46. The third-order valence-electron chi connectivity index (χ3n) is 7.07. The second-order valence-corrected chi connectivity index (χ2v) is 9.45. The van der Waals surface area contributed by atoms with Gasteiger partial charge in [0, 0.05) is 22.5 Å². The van der Waals surface area contributed by atoms with Crippen molar-refractivity contribution in [2.75, 3.05) is 4.90 Å². The summed E-state index contributed by atoms with van der Waals surface area (Å²) in [6.45, 7) is 4.67. The highest BCUT2D eigenvalue weighted by atomic mass is 15.1. The molecule has 0 saturated heterocycles. The minimum Gasteiger partial charge on any atom is -0.311 e. The zero-order valence-corrected chi connectivity index (χ0v) is 19.6. The fourth-order valence-corrected chi connectivity index (χ4v) is 5.39. The van der Waals surface area contributed by atoms with Crippen molar-refractivity contribution in [2.24, 2.45) is 0 Å². The lowest BCUT2D eigenvalue weighted by molar-refractivity contribution is 0.660. The molecule has 0 atom stereocenters. The fraction of sp³-hybridized carbons (Fsp3) is 0.0909. The van der Waals surface area contributed by atoms with E-state index in [2.05, 4.69) is 146 Å². The summed E-state index contributed by atoms with van der Waals surface area (Å²) in [5.74, 6) is 0. The summed E-state index contributed by atoms with van der Waals surface area (Å²) in [7, 11) is 0. The van der Waals surface area contributed by atoms with Gasteiger partial charge in [-0.2, -0.15) is 0 Å². The van der Waals surface area contributed by atoms with Crippen molar-refractivity contribution < 1.29 is 0 Å². The van der Waals surface area contributed by atoms with Crippen LogP contribution in [-0.4, -0.2) is 0 Å². The van der Waals surface area contributed by atoms with Crippen molar-refractivity contribution in [2.45, 2.75) is 19.3 Å². The highest BCUT2D eigenvalue weighted by Gasteiger charge is 2.36. The molecule has 0 heterocycles. The Morgan fingerprint density at radius 3 is 1.59 bits per heavy atom. The molecular formula is C33H27N. The van der Waals surface area contributed by atoms with Crippen LogP contribution < -0.4 is 4.90 Å². The van der Waals surface area contributed by atoms with Gasteiger partial charge in [0.2, 0.25) is 0 Å². The first-order valence-corrected chi connectivity index (χ1v) is 11.9. The van der Waals surface area contributed by atoms with E-state index < -0.39 is 0 Å². The minimum absolute atomic E-state index is 0.0132. The van der Waals surface area contributed by atoms with Crippen LogP contribution in [0.5, 0.6) is 0 Å². The minimum atomic E-state index is 0.0132. The van der Waals surface area contributed by atoms with Gasteiger partial charge in [-0.15, -0.1) is 0 Å². The Morgan fingerprint density at radius 1 is 0.441 bits per heavy atom. The molecule has 0 amide bonds. The Hall–Kier alpha value is -4.10. The largest absolute Gasteiger partial charge is 0.311 e.